The summed E-state index contributed by atoms with van der Waals surface area (Å²) in [4.78, 5) is 16.1. The summed E-state index contributed by atoms with van der Waals surface area (Å²) in [7, 11) is 0. The van der Waals surface area contributed by atoms with Gasteiger partial charge in [-0.05, 0) is 18.9 Å². The van der Waals surface area contributed by atoms with Crippen molar-refractivity contribution in [2.45, 2.75) is 25.7 Å². The molecular formula is C15H19N3O2. The van der Waals surface area contributed by atoms with E-state index in [1.807, 2.05) is 5.01 Å². The molecular weight excluding hydrogens is 254 g/mol. The van der Waals surface area contributed by atoms with Crippen molar-refractivity contribution >= 4 is 5.91 Å². The number of hydrazine groups is 1. The van der Waals surface area contributed by atoms with Crippen LogP contribution in [0.15, 0.2) is 18.5 Å². The van der Waals surface area contributed by atoms with Gasteiger partial charge in [-0.25, -0.2) is 5.01 Å². The predicted octanol–water partition coefficient (Wildman–Crippen LogP) is 0.946. The topological polar surface area (TPSA) is 65.5 Å². The molecule has 0 spiro atoms. The Balaban J connectivity index is 1.99. The summed E-state index contributed by atoms with van der Waals surface area (Å²) in [6.07, 6.45) is 7.03. The lowest BCUT2D eigenvalue weighted by atomic mass is 10.1. The summed E-state index contributed by atoms with van der Waals surface area (Å²) >= 11 is 0. The first-order chi connectivity index (χ1) is 9.79. The summed E-state index contributed by atoms with van der Waals surface area (Å²) in [6.45, 7) is 1.83. The zero-order chi connectivity index (χ0) is 14.2. The Morgan fingerprint density at radius 1 is 1.35 bits per heavy atom. The zero-order valence-electron chi connectivity index (χ0n) is 11.4. The van der Waals surface area contributed by atoms with Crippen LogP contribution in [0.25, 0.3) is 0 Å². The summed E-state index contributed by atoms with van der Waals surface area (Å²) in [5.74, 6) is 5.55. The van der Waals surface area contributed by atoms with Crippen LogP contribution in [0.3, 0.4) is 0 Å². The molecule has 2 heterocycles. The molecule has 1 aliphatic heterocycles. The third kappa shape index (κ3) is 4.34. The van der Waals surface area contributed by atoms with Crippen molar-refractivity contribution in [1.29, 1.82) is 0 Å². The maximum atomic E-state index is 12.1. The van der Waals surface area contributed by atoms with E-state index in [4.69, 9.17) is 5.11 Å². The fourth-order valence-corrected chi connectivity index (χ4v) is 2.07. The molecule has 1 amide bonds. The molecule has 2 N–H and O–H groups in total. The van der Waals surface area contributed by atoms with Crippen LogP contribution < -0.4 is 5.43 Å². The Labute approximate surface area is 119 Å². The van der Waals surface area contributed by atoms with Crippen molar-refractivity contribution in [3.05, 3.63) is 29.6 Å². The number of piperidine rings is 1. The summed E-state index contributed by atoms with van der Waals surface area (Å²) in [5.41, 5.74) is 4.09. The Morgan fingerprint density at radius 2 is 2.15 bits per heavy atom. The Morgan fingerprint density at radius 3 is 2.90 bits per heavy atom. The highest BCUT2D eigenvalue weighted by Gasteiger charge is 2.14. The van der Waals surface area contributed by atoms with Crippen molar-refractivity contribution < 1.29 is 9.90 Å². The molecule has 0 aliphatic carbocycles. The van der Waals surface area contributed by atoms with Crippen LogP contribution in [0, 0.1) is 11.8 Å². The number of amides is 1. The second kappa shape index (κ2) is 7.63. The molecule has 106 valence electrons. The number of carbonyl (C=O) groups excluding carboxylic acids is 1. The number of pyridine rings is 1. The zero-order valence-corrected chi connectivity index (χ0v) is 11.4. The SMILES string of the molecule is O=C(NN1CCCCC1)c1cncc(C#CCCO)c1. The lowest BCUT2D eigenvalue weighted by Crippen LogP contribution is -2.45. The number of hydrogen-bond donors (Lipinski definition) is 2. The number of carbonyl (C=O) groups is 1. The monoisotopic (exact) mass is 273 g/mol. The number of nitrogens with zero attached hydrogens (tertiary/aromatic N) is 2. The van der Waals surface area contributed by atoms with E-state index in [1.54, 1.807) is 12.3 Å². The van der Waals surface area contributed by atoms with Crippen molar-refractivity contribution in [2.75, 3.05) is 19.7 Å². The van der Waals surface area contributed by atoms with Gasteiger partial charge in [0.05, 0.1) is 12.2 Å². The molecule has 0 bridgehead atoms. The standard InChI is InChI=1S/C15H19N3O2/c19-9-5-2-6-13-10-14(12-16-11-13)15(20)17-18-7-3-1-4-8-18/h10-12,19H,1,3-5,7-9H2,(H,17,20). The average Bonchev–Trinajstić information content (AvgIpc) is 2.49. The molecule has 0 radical (unpaired) electrons. The fourth-order valence-electron chi connectivity index (χ4n) is 2.07. The van der Waals surface area contributed by atoms with E-state index in [2.05, 4.69) is 22.3 Å². The highest BCUT2D eigenvalue weighted by molar-refractivity contribution is 5.93. The maximum Gasteiger partial charge on any atom is 0.267 e. The Bertz CT molecular complexity index is 513. The van der Waals surface area contributed by atoms with E-state index in [0.29, 0.717) is 17.5 Å². The van der Waals surface area contributed by atoms with E-state index >= 15 is 0 Å². The number of aliphatic hydroxyl groups excluding tert-OH is 1. The first kappa shape index (κ1) is 14.5. The molecule has 1 aliphatic rings. The molecule has 1 aromatic heterocycles. The third-order valence-corrected chi connectivity index (χ3v) is 3.09. The second-order valence-electron chi connectivity index (χ2n) is 4.73. The van der Waals surface area contributed by atoms with Gasteiger partial charge in [0.2, 0.25) is 0 Å². The largest absolute Gasteiger partial charge is 0.395 e. The van der Waals surface area contributed by atoms with Gasteiger partial charge in [0.1, 0.15) is 0 Å². The van der Waals surface area contributed by atoms with Gasteiger partial charge in [-0.3, -0.25) is 15.2 Å². The second-order valence-corrected chi connectivity index (χ2v) is 4.73. The van der Waals surface area contributed by atoms with Gasteiger partial charge in [0.15, 0.2) is 0 Å². The molecule has 1 aromatic rings. The Hall–Kier alpha value is -1.90. The highest BCUT2D eigenvalue weighted by atomic mass is 16.2. The summed E-state index contributed by atoms with van der Waals surface area (Å²) < 4.78 is 0. The van der Waals surface area contributed by atoms with Gasteiger partial charge < -0.3 is 5.11 Å². The first-order valence-corrected chi connectivity index (χ1v) is 6.90. The quantitative estimate of drug-likeness (QED) is 0.805. The molecule has 5 heteroatoms. The summed E-state index contributed by atoms with van der Waals surface area (Å²) in [5, 5.41) is 10.6. The smallest absolute Gasteiger partial charge is 0.267 e. The molecule has 0 aromatic carbocycles. The number of rotatable bonds is 3. The minimum atomic E-state index is -0.148. The minimum absolute atomic E-state index is 0.0373. The first-order valence-electron chi connectivity index (χ1n) is 6.90. The molecule has 1 saturated heterocycles. The fraction of sp³-hybridized carbons (Fsp3) is 0.467. The number of nitrogens with one attached hydrogen (secondary N) is 1. The normalized spacial score (nSPS) is 15.2. The average molecular weight is 273 g/mol. The Kier molecular flexibility index (Phi) is 5.54. The van der Waals surface area contributed by atoms with Crippen LogP contribution in [0.5, 0.6) is 0 Å². The van der Waals surface area contributed by atoms with Crippen molar-refractivity contribution in [3.8, 4) is 11.8 Å². The molecule has 20 heavy (non-hydrogen) atoms. The molecule has 0 atom stereocenters. The third-order valence-electron chi connectivity index (χ3n) is 3.09. The van der Waals surface area contributed by atoms with Crippen LogP contribution in [-0.4, -0.2) is 40.7 Å². The van der Waals surface area contributed by atoms with E-state index in [0.717, 1.165) is 25.9 Å². The van der Waals surface area contributed by atoms with Crippen LogP contribution in [0.4, 0.5) is 0 Å². The number of hydrogen-bond acceptors (Lipinski definition) is 4. The molecule has 5 nitrogen and oxygen atoms in total. The van der Waals surface area contributed by atoms with Gasteiger partial charge in [0.25, 0.3) is 5.91 Å². The van der Waals surface area contributed by atoms with Gasteiger partial charge >= 0.3 is 0 Å². The van der Waals surface area contributed by atoms with Crippen molar-refractivity contribution in [2.24, 2.45) is 0 Å². The van der Waals surface area contributed by atoms with E-state index in [9.17, 15) is 4.79 Å². The lowest BCUT2D eigenvalue weighted by molar-refractivity contribution is 0.0749. The van der Waals surface area contributed by atoms with Gasteiger partial charge in [-0.1, -0.05) is 18.3 Å². The van der Waals surface area contributed by atoms with Crippen LogP contribution in [0.1, 0.15) is 41.6 Å². The molecule has 0 saturated carbocycles. The minimum Gasteiger partial charge on any atom is -0.395 e. The van der Waals surface area contributed by atoms with Gasteiger partial charge in [0, 0.05) is 37.5 Å². The van der Waals surface area contributed by atoms with E-state index in [-0.39, 0.29) is 12.5 Å². The lowest BCUT2D eigenvalue weighted by Gasteiger charge is -2.26. The molecule has 1 fully saturated rings. The van der Waals surface area contributed by atoms with Crippen LogP contribution in [0.2, 0.25) is 0 Å². The van der Waals surface area contributed by atoms with E-state index < -0.39 is 0 Å². The van der Waals surface area contributed by atoms with Crippen LogP contribution >= 0.6 is 0 Å². The van der Waals surface area contributed by atoms with Crippen molar-refractivity contribution in [1.82, 2.24) is 15.4 Å². The van der Waals surface area contributed by atoms with E-state index in [1.165, 1.54) is 12.6 Å². The molecule has 2 rings (SSSR count). The number of aromatic nitrogens is 1. The van der Waals surface area contributed by atoms with Gasteiger partial charge in [-0.2, -0.15) is 0 Å². The summed E-state index contributed by atoms with van der Waals surface area (Å²) in [6, 6.07) is 1.72. The number of aliphatic hydroxyl groups is 1. The predicted molar refractivity (Wildman–Crippen MR) is 75.7 cm³/mol. The van der Waals surface area contributed by atoms with Crippen LogP contribution in [-0.2, 0) is 0 Å². The van der Waals surface area contributed by atoms with Gasteiger partial charge in [-0.15, -0.1) is 0 Å². The maximum absolute atomic E-state index is 12.1. The molecule has 0 unspecified atom stereocenters. The van der Waals surface area contributed by atoms with Crippen molar-refractivity contribution in [3.63, 3.8) is 0 Å². The highest BCUT2D eigenvalue weighted by Crippen LogP contribution is 2.07.